The van der Waals surface area contributed by atoms with Crippen molar-refractivity contribution >= 4 is 33.7 Å². The van der Waals surface area contributed by atoms with Crippen molar-refractivity contribution in [2.24, 2.45) is 5.73 Å². The van der Waals surface area contributed by atoms with Crippen molar-refractivity contribution in [1.82, 2.24) is 25.6 Å². The average Bonchev–Trinajstić information content (AvgIpc) is 2.95. The summed E-state index contributed by atoms with van der Waals surface area (Å²) in [5.41, 5.74) is 10.5. The summed E-state index contributed by atoms with van der Waals surface area (Å²) in [5, 5.41) is 8.61. The first-order chi connectivity index (χ1) is 19.6. The van der Waals surface area contributed by atoms with E-state index < -0.39 is 12.3 Å². The fraction of sp³-hybridized carbons (Fsp3) is 0.219. The number of nitrogens with two attached hydrogens (primary N) is 1. The molecule has 3 aromatic heterocycles. The minimum atomic E-state index is -0.659. The number of aromatic nitrogens is 3. The van der Waals surface area contributed by atoms with Crippen molar-refractivity contribution in [2.45, 2.75) is 45.5 Å². The van der Waals surface area contributed by atoms with Gasteiger partial charge in [-0.15, -0.1) is 0 Å². The smallest absolute Gasteiger partial charge is 0.407 e. The van der Waals surface area contributed by atoms with Gasteiger partial charge in [-0.1, -0.05) is 24.3 Å². The van der Waals surface area contributed by atoms with Gasteiger partial charge in [0.2, 0.25) is 0 Å². The number of amides is 2. The van der Waals surface area contributed by atoms with Gasteiger partial charge in [-0.25, -0.2) is 9.78 Å². The van der Waals surface area contributed by atoms with Gasteiger partial charge in [-0.3, -0.25) is 14.8 Å². The Morgan fingerprint density at radius 3 is 2.56 bits per heavy atom. The van der Waals surface area contributed by atoms with Crippen LogP contribution < -0.4 is 16.4 Å². The number of pyridine rings is 3. The van der Waals surface area contributed by atoms with Crippen LogP contribution in [0.4, 0.5) is 4.79 Å². The highest BCUT2D eigenvalue weighted by Crippen LogP contribution is 2.20. The van der Waals surface area contributed by atoms with Crippen molar-refractivity contribution in [1.29, 1.82) is 0 Å². The maximum Gasteiger partial charge on any atom is 0.407 e. The molecule has 0 aliphatic rings. The molecule has 0 saturated heterocycles. The van der Waals surface area contributed by atoms with Gasteiger partial charge in [0.1, 0.15) is 12.8 Å². The number of hydrogen-bond donors (Lipinski definition) is 3. The Bertz CT molecular complexity index is 1730. The first-order valence-electron chi connectivity index (χ1n) is 13.3. The van der Waals surface area contributed by atoms with Gasteiger partial charge in [0, 0.05) is 52.6 Å². The zero-order chi connectivity index (χ0) is 29.0. The Morgan fingerprint density at radius 1 is 0.902 bits per heavy atom. The number of benzene rings is 2. The number of hydrogen-bond acceptors (Lipinski definition) is 7. The van der Waals surface area contributed by atoms with Crippen molar-refractivity contribution in [3.05, 3.63) is 113 Å². The van der Waals surface area contributed by atoms with Crippen molar-refractivity contribution in [2.75, 3.05) is 0 Å². The Kier molecular flexibility index (Phi) is 7.89. The summed E-state index contributed by atoms with van der Waals surface area (Å²) in [7, 11) is 0. The number of alkyl carbamates (subject to hydrolysis) is 1. The maximum absolute atomic E-state index is 13.0. The Hall–Kier alpha value is -4.89. The molecule has 0 fully saturated rings. The van der Waals surface area contributed by atoms with Gasteiger partial charge >= 0.3 is 6.09 Å². The molecular formula is C32H32N6O3. The molecule has 3 heterocycles. The summed E-state index contributed by atoms with van der Waals surface area (Å²) < 4.78 is 5.29. The summed E-state index contributed by atoms with van der Waals surface area (Å²) in [5.74, 6) is -0.274. The topological polar surface area (TPSA) is 132 Å². The standard InChI is InChI=1S/C32H32N6O3/c1-32(2,3)38-31(40)41-19-26-8-7-22-14-20(4-9-28(22)36-26)15-27-17-24(11-13-35-27)30(39)37-29(33)23-5-6-25-18-34-12-10-21(25)16-23/h4-14,16-18,29H,15,19,33H2,1-3H3,(H,37,39)(H,38,40). The van der Waals surface area contributed by atoms with Gasteiger partial charge in [0.15, 0.2) is 0 Å². The van der Waals surface area contributed by atoms with Crippen molar-refractivity contribution in [3.8, 4) is 0 Å². The van der Waals surface area contributed by atoms with E-state index in [9.17, 15) is 9.59 Å². The maximum atomic E-state index is 13.0. The summed E-state index contributed by atoms with van der Waals surface area (Å²) in [6.07, 6.45) is 4.55. The van der Waals surface area contributed by atoms with Crippen LogP contribution in [0.25, 0.3) is 21.7 Å². The predicted molar refractivity (Wildman–Crippen MR) is 158 cm³/mol. The second-order valence-corrected chi connectivity index (χ2v) is 10.9. The molecule has 0 saturated carbocycles. The summed E-state index contributed by atoms with van der Waals surface area (Å²) in [4.78, 5) is 38.1. The van der Waals surface area contributed by atoms with E-state index >= 15 is 0 Å². The van der Waals surface area contributed by atoms with Crippen LogP contribution >= 0.6 is 0 Å². The van der Waals surface area contributed by atoms with Crippen LogP contribution in [0.15, 0.2) is 85.3 Å². The lowest BCUT2D eigenvalue weighted by Crippen LogP contribution is -2.40. The van der Waals surface area contributed by atoms with Crippen LogP contribution in [0, 0.1) is 0 Å². The van der Waals surface area contributed by atoms with Crippen LogP contribution in [0.5, 0.6) is 0 Å². The minimum absolute atomic E-state index is 0.0837. The Balaban J connectivity index is 1.22. The van der Waals surface area contributed by atoms with E-state index in [1.54, 1.807) is 30.7 Å². The van der Waals surface area contributed by atoms with Crippen LogP contribution in [-0.2, 0) is 17.8 Å². The Labute approximate surface area is 238 Å². The summed E-state index contributed by atoms with van der Waals surface area (Å²) in [6.45, 7) is 5.76. The van der Waals surface area contributed by atoms with E-state index in [0.717, 1.165) is 38.5 Å². The zero-order valence-electron chi connectivity index (χ0n) is 23.2. The second-order valence-electron chi connectivity index (χ2n) is 10.9. The number of carbonyl (C=O) groups is 2. The van der Waals surface area contributed by atoms with E-state index in [2.05, 4.69) is 25.6 Å². The normalized spacial score (nSPS) is 12.2. The highest BCUT2D eigenvalue weighted by molar-refractivity contribution is 5.94. The first kappa shape index (κ1) is 27.7. The molecule has 9 nitrogen and oxygen atoms in total. The number of rotatable bonds is 7. The molecule has 0 bridgehead atoms. The zero-order valence-corrected chi connectivity index (χ0v) is 23.2. The van der Waals surface area contributed by atoms with Crippen LogP contribution in [0.1, 0.15) is 59.8 Å². The van der Waals surface area contributed by atoms with Gasteiger partial charge in [0.25, 0.3) is 5.91 Å². The van der Waals surface area contributed by atoms with Gasteiger partial charge in [-0.05, 0) is 79.7 Å². The number of nitrogens with zero attached hydrogens (tertiary/aromatic N) is 3. The molecule has 1 unspecified atom stereocenters. The van der Waals surface area contributed by atoms with Crippen LogP contribution in [0.2, 0.25) is 0 Å². The average molecular weight is 549 g/mol. The summed E-state index contributed by atoms with van der Waals surface area (Å²) >= 11 is 0. The molecule has 9 heteroatoms. The highest BCUT2D eigenvalue weighted by Gasteiger charge is 2.16. The fourth-order valence-electron chi connectivity index (χ4n) is 4.42. The molecule has 2 aromatic carbocycles. The first-order valence-corrected chi connectivity index (χ1v) is 13.3. The number of nitrogens with one attached hydrogen (secondary N) is 2. The van der Waals surface area contributed by atoms with Gasteiger partial charge in [-0.2, -0.15) is 0 Å². The fourth-order valence-corrected chi connectivity index (χ4v) is 4.42. The monoisotopic (exact) mass is 548 g/mol. The molecule has 41 heavy (non-hydrogen) atoms. The Morgan fingerprint density at radius 2 is 1.73 bits per heavy atom. The molecule has 0 aliphatic carbocycles. The van der Waals surface area contributed by atoms with Crippen molar-refractivity contribution < 1.29 is 14.3 Å². The lowest BCUT2D eigenvalue weighted by atomic mass is 10.0. The third-order valence-corrected chi connectivity index (χ3v) is 6.41. The molecule has 5 aromatic rings. The summed E-state index contributed by atoms with van der Waals surface area (Å²) in [6, 6.07) is 20.9. The van der Waals surface area contributed by atoms with Gasteiger partial charge < -0.3 is 21.1 Å². The molecule has 0 aliphatic heterocycles. The molecule has 5 rings (SSSR count). The van der Waals surface area contributed by atoms with E-state index in [1.807, 2.05) is 75.4 Å². The van der Waals surface area contributed by atoms with E-state index in [0.29, 0.717) is 17.7 Å². The molecule has 4 N–H and O–H groups in total. The SMILES string of the molecule is CC(C)(C)NC(=O)OCc1ccc2cc(Cc3cc(C(=O)NC(N)c4ccc5cnccc5c4)ccn3)ccc2n1. The van der Waals surface area contributed by atoms with Gasteiger partial charge in [0.05, 0.1) is 11.2 Å². The van der Waals surface area contributed by atoms with Crippen molar-refractivity contribution in [3.63, 3.8) is 0 Å². The predicted octanol–water partition coefficient (Wildman–Crippen LogP) is 5.18. The quantitative estimate of drug-likeness (QED) is 0.239. The number of fused-ring (bicyclic) bond motifs is 2. The van der Waals surface area contributed by atoms with E-state index in [-0.39, 0.29) is 18.1 Å². The highest BCUT2D eigenvalue weighted by atomic mass is 16.5. The lowest BCUT2D eigenvalue weighted by Gasteiger charge is -2.19. The van der Waals surface area contributed by atoms with E-state index in [4.69, 9.17) is 10.5 Å². The van der Waals surface area contributed by atoms with Crippen LogP contribution in [-0.4, -0.2) is 32.5 Å². The molecule has 0 radical (unpaired) electrons. The van der Waals surface area contributed by atoms with Crippen LogP contribution in [0.3, 0.4) is 0 Å². The molecule has 2 amide bonds. The number of ether oxygens (including phenoxy) is 1. The van der Waals surface area contributed by atoms with E-state index in [1.165, 1.54) is 0 Å². The third kappa shape index (κ3) is 7.20. The lowest BCUT2D eigenvalue weighted by molar-refractivity contribution is 0.0937. The molecule has 0 spiro atoms. The number of carbonyl (C=O) groups excluding carboxylic acids is 2. The molecule has 208 valence electrons. The third-order valence-electron chi connectivity index (χ3n) is 6.41. The minimum Gasteiger partial charge on any atom is -0.443 e. The largest absolute Gasteiger partial charge is 0.443 e. The molecular weight excluding hydrogens is 516 g/mol. The second kappa shape index (κ2) is 11.7. The molecule has 1 atom stereocenters.